The van der Waals surface area contributed by atoms with Gasteiger partial charge < -0.3 is 21.3 Å². The van der Waals surface area contributed by atoms with Crippen molar-refractivity contribution in [2.75, 3.05) is 6.54 Å². The predicted octanol–water partition coefficient (Wildman–Crippen LogP) is 2.34. The molecule has 124 valence electrons. The molecule has 4 nitrogen and oxygen atoms in total. The number of nitrogens with two attached hydrogens (primary N) is 1. The van der Waals surface area contributed by atoms with Gasteiger partial charge in [0.2, 0.25) is 0 Å². The summed E-state index contributed by atoms with van der Waals surface area (Å²) in [5.41, 5.74) is 6.89. The quantitative estimate of drug-likeness (QED) is 0.196. The lowest BCUT2D eigenvalue weighted by atomic mass is 10.1. The summed E-state index contributed by atoms with van der Waals surface area (Å²) in [7, 11) is 0. The van der Waals surface area contributed by atoms with Crippen molar-refractivity contribution in [3.8, 4) is 0 Å². The topological polar surface area (TPSA) is 78.5 Å². The molecular weight excluding hydrogens is 411 g/mol. The van der Waals surface area contributed by atoms with E-state index in [0.29, 0.717) is 6.42 Å². The van der Waals surface area contributed by atoms with Gasteiger partial charge >= 0.3 is 0 Å². The number of aliphatic hydroxyl groups is 2. The average Bonchev–Trinajstić information content (AvgIpc) is 2.48. The van der Waals surface area contributed by atoms with E-state index in [4.69, 9.17) is 28.2 Å². The third-order valence-electron chi connectivity index (χ3n) is 3.45. The van der Waals surface area contributed by atoms with Crippen molar-refractivity contribution in [3.05, 3.63) is 33.4 Å². The fraction of sp³-hybridized carbons (Fsp3) is 0.562. The lowest BCUT2D eigenvalue weighted by Gasteiger charge is -2.13. The van der Waals surface area contributed by atoms with Gasteiger partial charge in [0.05, 0.1) is 11.0 Å². The highest BCUT2D eigenvalue weighted by molar-refractivity contribution is 14.1. The Morgan fingerprint density at radius 2 is 1.86 bits per heavy atom. The van der Waals surface area contributed by atoms with Crippen molar-refractivity contribution in [2.45, 2.75) is 50.9 Å². The van der Waals surface area contributed by atoms with Gasteiger partial charge in [0.15, 0.2) is 6.29 Å². The number of nitrogens with one attached hydrogen (secondary N) is 1. The summed E-state index contributed by atoms with van der Waals surface area (Å²) in [6.07, 6.45) is 3.97. The molecule has 0 bridgehead atoms. The third kappa shape index (κ3) is 8.99. The summed E-state index contributed by atoms with van der Waals surface area (Å²) < 4.78 is 1.26. The van der Waals surface area contributed by atoms with Gasteiger partial charge in [-0.3, -0.25) is 0 Å². The van der Waals surface area contributed by atoms with E-state index >= 15 is 0 Å². The van der Waals surface area contributed by atoms with Gasteiger partial charge in [-0.15, -0.1) is 0 Å². The Morgan fingerprint density at radius 3 is 2.50 bits per heavy atom. The van der Waals surface area contributed by atoms with Crippen LogP contribution in [0.15, 0.2) is 24.3 Å². The van der Waals surface area contributed by atoms with E-state index in [0.717, 1.165) is 43.6 Å². The highest BCUT2D eigenvalue weighted by Gasteiger charge is 2.09. The molecule has 0 unspecified atom stereocenters. The van der Waals surface area contributed by atoms with Crippen LogP contribution in [0.25, 0.3) is 0 Å². The molecule has 0 aliphatic carbocycles. The largest absolute Gasteiger partial charge is 0.380 e. The predicted molar refractivity (Wildman–Crippen MR) is 103 cm³/mol. The Bertz CT molecular complexity index is 440. The Kier molecular flexibility index (Phi) is 10.1. The minimum atomic E-state index is -1.42. The van der Waals surface area contributed by atoms with Crippen LogP contribution >= 0.6 is 34.8 Å². The lowest BCUT2D eigenvalue weighted by Crippen LogP contribution is -2.34. The van der Waals surface area contributed by atoms with Gasteiger partial charge in [-0.1, -0.05) is 24.4 Å². The van der Waals surface area contributed by atoms with Crippen LogP contribution in [-0.2, 0) is 6.42 Å². The maximum atomic E-state index is 8.87. The number of hydrogen-bond donors (Lipinski definition) is 4. The van der Waals surface area contributed by atoms with Gasteiger partial charge in [-0.05, 0) is 78.8 Å². The molecule has 0 spiro atoms. The zero-order valence-electron chi connectivity index (χ0n) is 12.7. The van der Waals surface area contributed by atoms with E-state index in [2.05, 4.69) is 52.2 Å². The number of rotatable bonds is 10. The molecule has 5 N–H and O–H groups in total. The van der Waals surface area contributed by atoms with Crippen LogP contribution in [0.5, 0.6) is 0 Å². The van der Waals surface area contributed by atoms with E-state index in [-0.39, 0.29) is 0 Å². The highest BCUT2D eigenvalue weighted by atomic mass is 127. The van der Waals surface area contributed by atoms with Gasteiger partial charge in [-0.2, -0.15) is 0 Å². The summed E-state index contributed by atoms with van der Waals surface area (Å²) in [5.74, 6) is 0. The van der Waals surface area contributed by atoms with Crippen LogP contribution < -0.4 is 11.1 Å². The smallest absolute Gasteiger partial charge is 0.166 e. The lowest BCUT2D eigenvalue weighted by molar-refractivity contribution is -0.0599. The second-order valence-corrected chi connectivity index (χ2v) is 7.14. The average molecular weight is 436 g/mol. The van der Waals surface area contributed by atoms with Crippen molar-refractivity contribution >= 4 is 39.8 Å². The van der Waals surface area contributed by atoms with E-state index in [1.807, 2.05) is 0 Å². The molecule has 1 aromatic carbocycles. The minimum Gasteiger partial charge on any atom is -0.380 e. The summed E-state index contributed by atoms with van der Waals surface area (Å²) in [6, 6.07) is 8.02. The second-order valence-electron chi connectivity index (χ2n) is 5.40. The first-order chi connectivity index (χ1) is 10.5. The summed E-state index contributed by atoms with van der Waals surface area (Å²) in [6.45, 7) is 0.816. The molecule has 6 heteroatoms. The van der Waals surface area contributed by atoms with Crippen molar-refractivity contribution in [1.82, 2.24) is 5.32 Å². The molecule has 0 aromatic heterocycles. The molecule has 0 saturated carbocycles. The van der Waals surface area contributed by atoms with Crippen LogP contribution in [0, 0.1) is 3.57 Å². The SMILES string of the molecule is N[C@@H](CCCCNC(=S)CCCc1ccc(I)cc1)C(O)O. The van der Waals surface area contributed by atoms with Crippen molar-refractivity contribution in [3.63, 3.8) is 0 Å². The Hall–Kier alpha value is -0.280. The molecule has 0 aliphatic heterocycles. The second kappa shape index (κ2) is 11.3. The number of aliphatic hydroxyl groups excluding tert-OH is 1. The Labute approximate surface area is 151 Å². The van der Waals surface area contributed by atoms with Crippen molar-refractivity contribution < 1.29 is 10.2 Å². The zero-order chi connectivity index (χ0) is 16.4. The maximum Gasteiger partial charge on any atom is 0.166 e. The molecule has 22 heavy (non-hydrogen) atoms. The van der Waals surface area contributed by atoms with Crippen molar-refractivity contribution in [2.24, 2.45) is 5.73 Å². The van der Waals surface area contributed by atoms with Gasteiger partial charge in [0.25, 0.3) is 0 Å². The molecule has 0 amide bonds. The normalized spacial score (nSPS) is 12.4. The molecule has 1 aromatic rings. The number of benzene rings is 1. The fourth-order valence-electron chi connectivity index (χ4n) is 2.07. The van der Waals surface area contributed by atoms with Crippen LogP contribution in [0.3, 0.4) is 0 Å². The maximum absolute atomic E-state index is 8.87. The Morgan fingerprint density at radius 1 is 1.18 bits per heavy atom. The van der Waals surface area contributed by atoms with Gasteiger partial charge in [0, 0.05) is 10.1 Å². The number of aryl methyl sites for hydroxylation is 1. The number of hydrogen-bond acceptors (Lipinski definition) is 4. The van der Waals surface area contributed by atoms with Gasteiger partial charge in [0.1, 0.15) is 0 Å². The molecule has 0 fully saturated rings. The first-order valence-electron chi connectivity index (χ1n) is 7.62. The van der Waals surface area contributed by atoms with Crippen LogP contribution in [0.1, 0.15) is 37.7 Å². The van der Waals surface area contributed by atoms with E-state index in [1.165, 1.54) is 9.13 Å². The summed E-state index contributed by atoms with van der Waals surface area (Å²) in [4.78, 5) is 0.900. The minimum absolute atomic E-state index is 0.555. The number of unbranched alkanes of at least 4 members (excludes halogenated alkanes) is 1. The zero-order valence-corrected chi connectivity index (χ0v) is 15.6. The molecular formula is C16H25IN2O2S. The van der Waals surface area contributed by atoms with E-state index < -0.39 is 12.3 Å². The first-order valence-corrected chi connectivity index (χ1v) is 9.10. The summed E-state index contributed by atoms with van der Waals surface area (Å²) >= 11 is 7.62. The first kappa shape index (κ1) is 19.8. The standard InChI is InChI=1S/C16H25IN2O2S/c17-13-9-7-12(8-10-13)4-3-6-15(22)19-11-2-1-5-14(18)16(20)21/h7-10,14,16,20-21H,1-6,11,18H2,(H,19,22)/t14-/m0/s1. The van der Waals surface area contributed by atoms with E-state index in [1.54, 1.807) is 0 Å². The van der Waals surface area contributed by atoms with Crippen LogP contribution in [0.4, 0.5) is 0 Å². The van der Waals surface area contributed by atoms with Gasteiger partial charge in [-0.25, -0.2) is 0 Å². The van der Waals surface area contributed by atoms with Crippen molar-refractivity contribution in [1.29, 1.82) is 0 Å². The molecule has 0 aliphatic rings. The Balaban J connectivity index is 2.03. The molecule has 1 rings (SSSR count). The van der Waals surface area contributed by atoms with E-state index in [9.17, 15) is 0 Å². The molecule has 1 atom stereocenters. The van der Waals surface area contributed by atoms with Crippen LogP contribution in [0.2, 0.25) is 0 Å². The monoisotopic (exact) mass is 436 g/mol. The number of thiocarbonyl (C=S) groups is 1. The molecule has 0 heterocycles. The number of halogens is 1. The molecule has 0 saturated heterocycles. The fourth-order valence-corrected chi connectivity index (χ4v) is 2.68. The third-order valence-corrected chi connectivity index (χ3v) is 4.52. The van der Waals surface area contributed by atoms with Crippen LogP contribution in [-0.4, -0.2) is 34.1 Å². The summed E-state index contributed by atoms with van der Waals surface area (Å²) in [5, 5.41) is 21.0. The molecule has 0 radical (unpaired) electrons. The highest BCUT2D eigenvalue weighted by Crippen LogP contribution is 2.09.